The van der Waals surface area contributed by atoms with E-state index in [0.717, 1.165) is 21.4 Å². The van der Waals surface area contributed by atoms with Crippen molar-refractivity contribution in [1.82, 2.24) is 19.5 Å². The van der Waals surface area contributed by atoms with Gasteiger partial charge in [0, 0.05) is 11.5 Å². The molecule has 3 rings (SSSR count). The van der Waals surface area contributed by atoms with Crippen molar-refractivity contribution < 1.29 is 4.74 Å². The third-order valence-electron chi connectivity index (χ3n) is 3.13. The Balaban J connectivity index is 2.08. The first-order chi connectivity index (χ1) is 9.56. The lowest BCUT2D eigenvalue weighted by atomic mass is 10.1. The zero-order valence-corrected chi connectivity index (χ0v) is 13.0. The average Bonchev–Trinajstić information content (AvgIpc) is 2.79. The molecule has 0 aliphatic rings. The van der Waals surface area contributed by atoms with E-state index in [1.54, 1.807) is 6.33 Å². The van der Waals surface area contributed by atoms with Gasteiger partial charge in [0.05, 0.1) is 6.33 Å². The molecular weight excluding hydrogens is 320 g/mol. The van der Waals surface area contributed by atoms with Crippen LogP contribution in [0.3, 0.4) is 0 Å². The van der Waals surface area contributed by atoms with Gasteiger partial charge in [-0.1, -0.05) is 22.0 Å². The van der Waals surface area contributed by atoms with Crippen LogP contribution in [-0.4, -0.2) is 19.5 Å². The topological polar surface area (TPSA) is 52.8 Å². The molecular formula is C14H13BrN4O. The maximum Gasteiger partial charge on any atom is 0.250 e. The molecule has 2 aromatic heterocycles. The van der Waals surface area contributed by atoms with Gasteiger partial charge in [-0.25, -0.2) is 9.97 Å². The number of benzene rings is 1. The molecule has 0 spiro atoms. The van der Waals surface area contributed by atoms with E-state index in [0.29, 0.717) is 11.4 Å². The maximum atomic E-state index is 5.91. The minimum absolute atomic E-state index is 0.467. The molecule has 0 saturated carbocycles. The van der Waals surface area contributed by atoms with Gasteiger partial charge >= 0.3 is 0 Å². The molecule has 0 saturated heterocycles. The van der Waals surface area contributed by atoms with Gasteiger partial charge < -0.3 is 9.30 Å². The van der Waals surface area contributed by atoms with Crippen LogP contribution in [0.15, 0.2) is 29.3 Å². The van der Waals surface area contributed by atoms with E-state index in [4.69, 9.17) is 4.74 Å². The van der Waals surface area contributed by atoms with Crippen LogP contribution in [0, 0.1) is 13.8 Å². The quantitative estimate of drug-likeness (QED) is 0.720. The van der Waals surface area contributed by atoms with E-state index in [1.807, 2.05) is 31.5 Å². The van der Waals surface area contributed by atoms with Gasteiger partial charge in [-0.15, -0.1) is 0 Å². The second-order valence-electron chi connectivity index (χ2n) is 4.68. The highest BCUT2D eigenvalue weighted by Crippen LogP contribution is 2.31. The third-order valence-corrected chi connectivity index (χ3v) is 3.98. The van der Waals surface area contributed by atoms with E-state index in [1.165, 1.54) is 11.9 Å². The van der Waals surface area contributed by atoms with Crippen LogP contribution in [-0.2, 0) is 7.05 Å². The molecule has 0 amide bonds. The number of fused-ring (bicyclic) bond motifs is 1. The standard InChI is InChI=1S/C14H13BrN4O/c1-8-4-9(2)11(5-10(8)15)20-14-12-13(16-6-17-14)19(3)7-18-12/h4-7H,1-3H3. The molecule has 0 aliphatic carbocycles. The van der Waals surface area contributed by atoms with Gasteiger partial charge in [-0.3, -0.25) is 0 Å². The molecule has 0 atom stereocenters. The van der Waals surface area contributed by atoms with Crippen molar-refractivity contribution in [2.75, 3.05) is 0 Å². The van der Waals surface area contributed by atoms with Gasteiger partial charge in [0.15, 0.2) is 11.2 Å². The minimum atomic E-state index is 0.467. The molecule has 3 aromatic rings. The van der Waals surface area contributed by atoms with E-state index in [2.05, 4.69) is 36.9 Å². The number of rotatable bonds is 2. The van der Waals surface area contributed by atoms with Crippen molar-refractivity contribution in [3.63, 3.8) is 0 Å². The summed E-state index contributed by atoms with van der Waals surface area (Å²) in [4.78, 5) is 12.7. The molecule has 0 aliphatic heterocycles. The van der Waals surface area contributed by atoms with Crippen molar-refractivity contribution in [3.05, 3.63) is 40.4 Å². The van der Waals surface area contributed by atoms with Crippen LogP contribution in [0.25, 0.3) is 11.2 Å². The lowest BCUT2D eigenvalue weighted by Gasteiger charge is -2.10. The summed E-state index contributed by atoms with van der Waals surface area (Å²) >= 11 is 3.51. The molecule has 0 radical (unpaired) electrons. The van der Waals surface area contributed by atoms with Crippen molar-refractivity contribution in [2.45, 2.75) is 13.8 Å². The lowest BCUT2D eigenvalue weighted by Crippen LogP contribution is -1.95. The summed E-state index contributed by atoms with van der Waals surface area (Å²) < 4.78 is 8.75. The highest BCUT2D eigenvalue weighted by atomic mass is 79.9. The molecule has 2 heterocycles. The fourth-order valence-electron chi connectivity index (χ4n) is 2.02. The lowest BCUT2D eigenvalue weighted by molar-refractivity contribution is 0.463. The SMILES string of the molecule is Cc1cc(C)c(Oc2ncnc3c2ncn3C)cc1Br. The Bertz CT molecular complexity index is 797. The monoisotopic (exact) mass is 332 g/mol. The number of nitrogens with zero attached hydrogens (tertiary/aromatic N) is 4. The van der Waals surface area contributed by atoms with E-state index < -0.39 is 0 Å². The van der Waals surface area contributed by atoms with Gasteiger partial charge in [0.1, 0.15) is 12.1 Å². The van der Waals surface area contributed by atoms with Gasteiger partial charge in [0.25, 0.3) is 5.88 Å². The fourth-order valence-corrected chi connectivity index (χ4v) is 2.34. The Kier molecular flexibility index (Phi) is 3.17. The van der Waals surface area contributed by atoms with Crippen molar-refractivity contribution in [3.8, 4) is 11.6 Å². The number of hydrogen-bond donors (Lipinski definition) is 0. The predicted octanol–water partition coefficient (Wildman–Crippen LogP) is 3.53. The molecule has 20 heavy (non-hydrogen) atoms. The summed E-state index contributed by atoms with van der Waals surface area (Å²) in [6, 6.07) is 4.01. The van der Waals surface area contributed by atoms with Gasteiger partial charge in [0.2, 0.25) is 0 Å². The molecule has 5 nitrogen and oxygen atoms in total. The Morgan fingerprint density at radius 1 is 1.10 bits per heavy atom. The van der Waals surface area contributed by atoms with E-state index >= 15 is 0 Å². The number of ether oxygens (including phenoxy) is 1. The third kappa shape index (κ3) is 2.16. The zero-order valence-electron chi connectivity index (χ0n) is 11.4. The van der Waals surface area contributed by atoms with Crippen LogP contribution in [0.2, 0.25) is 0 Å². The van der Waals surface area contributed by atoms with Gasteiger partial charge in [-0.2, -0.15) is 4.98 Å². The van der Waals surface area contributed by atoms with Crippen molar-refractivity contribution in [1.29, 1.82) is 0 Å². The predicted molar refractivity (Wildman–Crippen MR) is 80.0 cm³/mol. The van der Waals surface area contributed by atoms with Crippen LogP contribution >= 0.6 is 15.9 Å². The van der Waals surface area contributed by atoms with E-state index in [-0.39, 0.29) is 0 Å². The Morgan fingerprint density at radius 2 is 1.90 bits per heavy atom. The molecule has 102 valence electrons. The summed E-state index contributed by atoms with van der Waals surface area (Å²) in [7, 11) is 1.89. The summed E-state index contributed by atoms with van der Waals surface area (Å²) in [6.07, 6.45) is 3.18. The maximum absolute atomic E-state index is 5.91. The van der Waals surface area contributed by atoms with Crippen LogP contribution in [0.4, 0.5) is 0 Å². The smallest absolute Gasteiger partial charge is 0.250 e. The number of hydrogen-bond acceptors (Lipinski definition) is 4. The first-order valence-electron chi connectivity index (χ1n) is 6.13. The fraction of sp³-hybridized carbons (Fsp3) is 0.214. The average molecular weight is 333 g/mol. The molecule has 1 aromatic carbocycles. The zero-order chi connectivity index (χ0) is 14.3. The van der Waals surface area contributed by atoms with Crippen LogP contribution < -0.4 is 4.74 Å². The highest BCUT2D eigenvalue weighted by Gasteiger charge is 2.12. The number of halogens is 1. The van der Waals surface area contributed by atoms with Gasteiger partial charge in [-0.05, 0) is 31.0 Å². The number of aryl methyl sites for hydroxylation is 3. The summed E-state index contributed by atoms with van der Waals surface area (Å²) in [6.45, 7) is 4.05. The Labute approximate surface area is 124 Å². The second-order valence-corrected chi connectivity index (χ2v) is 5.53. The molecule has 0 bridgehead atoms. The van der Waals surface area contributed by atoms with Crippen molar-refractivity contribution in [2.24, 2.45) is 7.05 Å². The highest BCUT2D eigenvalue weighted by molar-refractivity contribution is 9.10. The van der Waals surface area contributed by atoms with E-state index in [9.17, 15) is 0 Å². The number of imidazole rings is 1. The Hall–Kier alpha value is -1.95. The Morgan fingerprint density at radius 3 is 2.70 bits per heavy atom. The molecule has 0 fully saturated rings. The largest absolute Gasteiger partial charge is 0.437 e. The van der Waals surface area contributed by atoms with Crippen molar-refractivity contribution >= 4 is 27.1 Å². The molecule has 0 unspecified atom stereocenters. The minimum Gasteiger partial charge on any atom is -0.437 e. The number of aromatic nitrogens is 4. The normalized spacial score (nSPS) is 11.0. The molecule has 6 heteroatoms. The summed E-state index contributed by atoms with van der Waals surface area (Å²) in [5.41, 5.74) is 3.62. The summed E-state index contributed by atoms with van der Waals surface area (Å²) in [5, 5.41) is 0. The molecule has 0 N–H and O–H groups in total. The first kappa shape index (κ1) is 13.1. The van der Waals surface area contributed by atoms with Crippen LogP contribution in [0.5, 0.6) is 11.6 Å². The first-order valence-corrected chi connectivity index (χ1v) is 6.92. The second kappa shape index (κ2) is 4.86. The summed E-state index contributed by atoms with van der Waals surface area (Å²) in [5.74, 6) is 1.22. The van der Waals surface area contributed by atoms with Crippen LogP contribution in [0.1, 0.15) is 11.1 Å².